The van der Waals surface area contributed by atoms with Gasteiger partial charge < -0.3 is 67.9 Å². The molecule has 1 saturated heterocycles. The normalized spacial score (nSPS) is 15.0. The van der Waals surface area contributed by atoms with Crippen molar-refractivity contribution in [2.24, 2.45) is 10.7 Å². The number of nitrogens with two attached hydrogens (primary N) is 1. The molecule has 2 aromatic rings. The van der Waals surface area contributed by atoms with Crippen LogP contribution in [0, 0.1) is 23.3 Å². The number of alkyl carbamates (subject to hydrolysis) is 1. The van der Waals surface area contributed by atoms with E-state index in [0.717, 1.165) is 74.0 Å². The Labute approximate surface area is 469 Å². The van der Waals surface area contributed by atoms with Crippen LogP contribution in [0.25, 0.3) is 6.08 Å². The molecule has 80 heavy (non-hydrogen) atoms. The van der Waals surface area contributed by atoms with E-state index < -0.39 is 47.5 Å². The molecule has 1 aromatic carbocycles. The number of piperazine rings is 1. The standard InChI is InChI=1S/C53H80F4N6O16S/c1-2-8-63(77-15-7-59-53(66)78-41-4-3-5-41)52(65)40-35-46-45(60-47(58)36-40)37-42(80-46)39-62-11-9-61(10-12-62)13-16-68-18-20-70-22-24-72-26-28-74-30-32-76-34-33-75-31-29-73-27-25-71-23-21-69-19-17-67-14-6-48(64)79-51-49(56)43(54)38-44(55)50(51)57/h35,37-38,41H,2-34,36,39H2,1H3,(H2,58,60)(H,59,66). The summed E-state index contributed by atoms with van der Waals surface area (Å²) >= 11 is 1.62. The topological polar surface area (TPSA) is 231 Å². The Morgan fingerprint density at radius 2 is 1.16 bits per heavy atom. The fraction of sp³-hybridized carbons (Fsp3) is 0.698. The molecule has 1 aromatic heterocycles. The molecule has 0 bridgehead atoms. The van der Waals surface area contributed by atoms with Gasteiger partial charge in [-0.05, 0) is 37.8 Å². The monoisotopic (exact) mass is 1160 g/mol. The third-order valence-corrected chi connectivity index (χ3v) is 13.1. The van der Waals surface area contributed by atoms with Gasteiger partial charge in [-0.2, -0.15) is 8.78 Å². The molecule has 2 aliphatic heterocycles. The molecule has 2 fully saturated rings. The van der Waals surface area contributed by atoms with E-state index in [0.29, 0.717) is 137 Å². The van der Waals surface area contributed by atoms with Crippen molar-refractivity contribution in [3.05, 3.63) is 50.7 Å². The number of nitrogens with zero attached hydrogens (tertiary/aromatic N) is 4. The van der Waals surface area contributed by atoms with Gasteiger partial charge in [0.15, 0.2) is 11.6 Å². The molecule has 5 rings (SSSR count). The third-order valence-electron chi connectivity index (χ3n) is 12.1. The zero-order valence-corrected chi connectivity index (χ0v) is 46.7. The van der Waals surface area contributed by atoms with E-state index in [9.17, 15) is 31.9 Å². The Bertz CT molecular complexity index is 2150. The first-order chi connectivity index (χ1) is 39.0. The highest BCUT2D eigenvalue weighted by molar-refractivity contribution is 7.13. The van der Waals surface area contributed by atoms with Crippen LogP contribution < -0.4 is 15.8 Å². The van der Waals surface area contributed by atoms with Gasteiger partial charge >= 0.3 is 12.1 Å². The SMILES string of the molecule is CCCN(OCCNC(=O)OC1CCC1)C(=O)C1=Cc2sc(CN3CCN(CCOCCOCCOCCOCCOCCOCCOCCOCCOCCOCCC(=O)Oc4c(F)c(F)cc(F)c4F)CC3)cc2N=C(N)C1. The number of aliphatic imine (C=N–C) groups is 1. The summed E-state index contributed by atoms with van der Waals surface area (Å²) < 4.78 is 118. The fourth-order valence-electron chi connectivity index (χ4n) is 7.66. The summed E-state index contributed by atoms with van der Waals surface area (Å²) in [7, 11) is 0. The van der Waals surface area contributed by atoms with E-state index >= 15 is 0 Å². The number of thiophene rings is 1. The number of hydrogen-bond acceptors (Lipinski definition) is 21. The summed E-state index contributed by atoms with van der Waals surface area (Å²) in [6.45, 7) is 15.6. The average molecular weight is 1170 g/mol. The number of ether oxygens (including phenoxy) is 12. The summed E-state index contributed by atoms with van der Waals surface area (Å²) in [4.78, 5) is 54.7. The van der Waals surface area contributed by atoms with Gasteiger partial charge in [0.1, 0.15) is 11.9 Å². The second-order valence-corrected chi connectivity index (χ2v) is 19.5. The van der Waals surface area contributed by atoms with Gasteiger partial charge in [0, 0.05) is 75.3 Å². The predicted octanol–water partition coefficient (Wildman–Crippen LogP) is 4.81. The van der Waals surface area contributed by atoms with Crippen LogP contribution in [0.1, 0.15) is 55.2 Å². The number of amidine groups is 1. The van der Waals surface area contributed by atoms with Crippen molar-refractivity contribution < 1.29 is 93.6 Å². The van der Waals surface area contributed by atoms with E-state index in [2.05, 4.69) is 30.9 Å². The highest BCUT2D eigenvalue weighted by Crippen LogP contribution is 2.36. The van der Waals surface area contributed by atoms with Crippen molar-refractivity contribution in [1.29, 1.82) is 0 Å². The van der Waals surface area contributed by atoms with Gasteiger partial charge in [-0.25, -0.2) is 23.6 Å². The molecule has 22 nitrogen and oxygen atoms in total. The van der Waals surface area contributed by atoms with E-state index in [4.69, 9.17) is 62.7 Å². The van der Waals surface area contributed by atoms with Gasteiger partial charge in [-0.15, -0.1) is 11.3 Å². The lowest BCUT2D eigenvalue weighted by atomic mass is 9.96. The van der Waals surface area contributed by atoms with E-state index in [1.165, 1.54) is 5.06 Å². The maximum absolute atomic E-state index is 13.6. The molecule has 0 atom stereocenters. The highest BCUT2D eigenvalue weighted by atomic mass is 32.1. The summed E-state index contributed by atoms with van der Waals surface area (Å²) in [5, 5.41) is 4.04. The number of carbonyl (C=O) groups excluding carboxylic acids is 3. The van der Waals surface area contributed by atoms with Crippen LogP contribution in [-0.4, -0.2) is 229 Å². The lowest BCUT2D eigenvalue weighted by Crippen LogP contribution is -2.46. The summed E-state index contributed by atoms with van der Waals surface area (Å²) in [5.41, 5.74) is 7.58. The second-order valence-electron chi connectivity index (χ2n) is 18.3. The van der Waals surface area contributed by atoms with Crippen LogP contribution in [0.4, 0.5) is 28.0 Å². The summed E-state index contributed by atoms with van der Waals surface area (Å²) in [5.74, 6) is -9.41. The van der Waals surface area contributed by atoms with Crippen LogP contribution in [-0.2, 0) is 73.1 Å². The number of carbonyl (C=O) groups is 3. The molecule has 27 heteroatoms. The number of nitrogens with one attached hydrogen (secondary N) is 1. The quantitative estimate of drug-likeness (QED) is 0.0226. The molecule has 452 valence electrons. The first kappa shape index (κ1) is 66.3. The van der Waals surface area contributed by atoms with E-state index in [-0.39, 0.29) is 57.5 Å². The zero-order chi connectivity index (χ0) is 57.0. The number of amides is 2. The van der Waals surface area contributed by atoms with E-state index in [1.807, 2.05) is 13.0 Å². The van der Waals surface area contributed by atoms with Gasteiger partial charge in [-0.3, -0.25) is 24.2 Å². The largest absolute Gasteiger partial charge is 0.446 e. The van der Waals surface area contributed by atoms with Crippen molar-refractivity contribution in [1.82, 2.24) is 20.2 Å². The highest BCUT2D eigenvalue weighted by Gasteiger charge is 2.26. The van der Waals surface area contributed by atoms with Gasteiger partial charge in [0.2, 0.25) is 17.4 Å². The minimum atomic E-state index is -1.80. The molecule has 0 unspecified atom stereocenters. The van der Waals surface area contributed by atoms with Crippen molar-refractivity contribution in [3.8, 4) is 5.75 Å². The van der Waals surface area contributed by atoms with Gasteiger partial charge in [0.25, 0.3) is 5.91 Å². The van der Waals surface area contributed by atoms with Gasteiger partial charge in [-0.1, -0.05) is 6.92 Å². The third kappa shape index (κ3) is 26.6. The Morgan fingerprint density at radius 1 is 0.675 bits per heavy atom. The van der Waals surface area contributed by atoms with Crippen molar-refractivity contribution in [2.75, 3.05) is 185 Å². The first-order valence-corrected chi connectivity index (χ1v) is 28.1. The fourth-order valence-corrected chi connectivity index (χ4v) is 8.77. The molecule has 3 heterocycles. The maximum Gasteiger partial charge on any atom is 0.407 e. The van der Waals surface area contributed by atoms with Crippen molar-refractivity contribution in [3.63, 3.8) is 0 Å². The van der Waals surface area contributed by atoms with Crippen LogP contribution in [0.3, 0.4) is 0 Å². The predicted molar refractivity (Wildman–Crippen MR) is 285 cm³/mol. The van der Waals surface area contributed by atoms with Crippen LogP contribution >= 0.6 is 11.3 Å². The molecule has 2 amide bonds. The Morgan fingerprint density at radius 3 is 1.65 bits per heavy atom. The molecule has 0 spiro atoms. The minimum Gasteiger partial charge on any atom is -0.446 e. The zero-order valence-electron chi connectivity index (χ0n) is 45.9. The lowest BCUT2D eigenvalue weighted by Gasteiger charge is -2.34. The average Bonchev–Trinajstić information content (AvgIpc) is 3.75. The number of esters is 1. The smallest absolute Gasteiger partial charge is 0.407 e. The van der Waals surface area contributed by atoms with Crippen molar-refractivity contribution >= 4 is 46.9 Å². The lowest BCUT2D eigenvalue weighted by molar-refractivity contribution is -0.181. The Hall–Kier alpha value is -4.46. The summed E-state index contributed by atoms with van der Waals surface area (Å²) in [6.07, 6.45) is 4.79. The van der Waals surface area contributed by atoms with Crippen LogP contribution in [0.5, 0.6) is 5.75 Å². The number of benzene rings is 1. The molecule has 1 aliphatic carbocycles. The number of fused-ring (bicyclic) bond motifs is 1. The number of halogens is 4. The van der Waals surface area contributed by atoms with Crippen molar-refractivity contribution in [2.45, 2.75) is 58.1 Å². The Kier molecular flexibility index (Phi) is 33.1. The second kappa shape index (κ2) is 39.9. The van der Waals surface area contributed by atoms with Crippen LogP contribution in [0.15, 0.2) is 22.7 Å². The first-order valence-electron chi connectivity index (χ1n) is 27.3. The molecular formula is C53H80F4N6O16S. The molecule has 3 N–H and O–H groups in total. The van der Waals surface area contributed by atoms with E-state index in [1.54, 1.807) is 11.3 Å². The number of rotatable bonds is 44. The maximum atomic E-state index is 13.6. The number of hydroxylamine groups is 2. The molecular weight excluding hydrogens is 1080 g/mol. The minimum absolute atomic E-state index is 0.00474. The van der Waals surface area contributed by atoms with Gasteiger partial charge in [0.05, 0.1) is 156 Å². The number of hydrogen-bond donors (Lipinski definition) is 2. The molecule has 1 saturated carbocycles. The Balaban J connectivity index is 0.734. The molecule has 0 radical (unpaired) electrons. The molecule has 3 aliphatic rings. The summed E-state index contributed by atoms with van der Waals surface area (Å²) in [6, 6.07) is 2.08. The van der Waals surface area contributed by atoms with Crippen LogP contribution in [0.2, 0.25) is 0 Å².